The van der Waals surface area contributed by atoms with Gasteiger partial charge in [-0.25, -0.2) is 4.98 Å². The number of ether oxygens (including phenoxy) is 1. The monoisotopic (exact) mass is 221 g/mol. The molecule has 1 heterocycles. The molecule has 0 unspecified atom stereocenters. The summed E-state index contributed by atoms with van der Waals surface area (Å²) in [7, 11) is 0. The van der Waals surface area contributed by atoms with Gasteiger partial charge in [-0.15, -0.1) is 0 Å². The molecule has 0 amide bonds. The summed E-state index contributed by atoms with van der Waals surface area (Å²) in [5.41, 5.74) is 0.976. The fourth-order valence-electron chi connectivity index (χ4n) is 1.30. The molecule has 1 aromatic heterocycles. The van der Waals surface area contributed by atoms with Gasteiger partial charge in [-0.2, -0.15) is 0 Å². The highest BCUT2D eigenvalue weighted by Crippen LogP contribution is 2.19. The zero-order valence-electron chi connectivity index (χ0n) is 9.94. The standard InChI is InChI=1S/C12H19N3O/c1-9(2)8-16-12-7-14-11(6-15-12)5-13-10-3-4-10/h6-7,9-10,13H,3-5,8H2,1-2H3. The second-order valence-corrected chi connectivity index (χ2v) is 4.71. The van der Waals surface area contributed by atoms with Crippen molar-refractivity contribution in [3.05, 3.63) is 18.1 Å². The molecule has 1 aliphatic carbocycles. The first kappa shape index (κ1) is 11.3. The van der Waals surface area contributed by atoms with Crippen LogP contribution < -0.4 is 10.1 Å². The molecule has 16 heavy (non-hydrogen) atoms. The van der Waals surface area contributed by atoms with Gasteiger partial charge in [-0.1, -0.05) is 13.8 Å². The van der Waals surface area contributed by atoms with Crippen molar-refractivity contribution in [1.82, 2.24) is 15.3 Å². The van der Waals surface area contributed by atoms with E-state index < -0.39 is 0 Å². The van der Waals surface area contributed by atoms with Gasteiger partial charge in [0.05, 0.1) is 24.7 Å². The average molecular weight is 221 g/mol. The van der Waals surface area contributed by atoms with Crippen molar-refractivity contribution < 1.29 is 4.74 Å². The van der Waals surface area contributed by atoms with E-state index in [-0.39, 0.29) is 0 Å². The van der Waals surface area contributed by atoms with Crippen molar-refractivity contribution in [2.45, 2.75) is 39.3 Å². The summed E-state index contributed by atoms with van der Waals surface area (Å²) in [6.07, 6.45) is 6.07. The van der Waals surface area contributed by atoms with Crippen molar-refractivity contribution >= 4 is 0 Å². The van der Waals surface area contributed by atoms with Gasteiger partial charge in [-0.3, -0.25) is 4.98 Å². The van der Waals surface area contributed by atoms with Crippen LogP contribution in [-0.4, -0.2) is 22.6 Å². The number of hydrogen-bond donors (Lipinski definition) is 1. The fourth-order valence-corrected chi connectivity index (χ4v) is 1.30. The molecule has 4 heteroatoms. The molecule has 0 atom stereocenters. The maximum Gasteiger partial charge on any atom is 0.232 e. The summed E-state index contributed by atoms with van der Waals surface area (Å²) in [5, 5.41) is 3.40. The molecule has 0 aromatic carbocycles. The Hall–Kier alpha value is -1.16. The molecule has 1 aliphatic rings. The highest BCUT2D eigenvalue weighted by molar-refractivity contribution is 5.07. The number of rotatable bonds is 6. The first-order valence-electron chi connectivity index (χ1n) is 5.91. The molecule has 1 aromatic rings. The lowest BCUT2D eigenvalue weighted by Gasteiger charge is -2.07. The average Bonchev–Trinajstić information content (AvgIpc) is 3.09. The molecule has 0 saturated heterocycles. The quantitative estimate of drug-likeness (QED) is 0.795. The van der Waals surface area contributed by atoms with Crippen molar-refractivity contribution in [2.24, 2.45) is 5.92 Å². The van der Waals surface area contributed by atoms with Gasteiger partial charge in [0.25, 0.3) is 0 Å². The van der Waals surface area contributed by atoms with Crippen molar-refractivity contribution in [1.29, 1.82) is 0 Å². The van der Waals surface area contributed by atoms with E-state index in [1.165, 1.54) is 12.8 Å². The normalized spacial score (nSPS) is 15.4. The summed E-state index contributed by atoms with van der Waals surface area (Å²) in [6, 6.07) is 0.707. The fraction of sp³-hybridized carbons (Fsp3) is 0.667. The second-order valence-electron chi connectivity index (χ2n) is 4.71. The van der Waals surface area contributed by atoms with Gasteiger partial charge in [0.15, 0.2) is 0 Å². The Bertz CT molecular complexity index is 295. The summed E-state index contributed by atoms with van der Waals surface area (Å²) < 4.78 is 5.47. The molecule has 1 N–H and O–H groups in total. The Labute approximate surface area is 96.4 Å². The van der Waals surface area contributed by atoms with Crippen LogP contribution in [-0.2, 0) is 6.54 Å². The van der Waals surface area contributed by atoms with E-state index >= 15 is 0 Å². The molecular formula is C12H19N3O. The van der Waals surface area contributed by atoms with Gasteiger partial charge >= 0.3 is 0 Å². The van der Waals surface area contributed by atoms with Crippen LogP contribution in [0.5, 0.6) is 5.88 Å². The summed E-state index contributed by atoms with van der Waals surface area (Å²) in [6.45, 7) is 5.72. The minimum absolute atomic E-state index is 0.512. The minimum atomic E-state index is 0.512. The molecule has 88 valence electrons. The third-order valence-corrected chi connectivity index (χ3v) is 2.40. The first-order valence-corrected chi connectivity index (χ1v) is 5.91. The molecule has 0 spiro atoms. The van der Waals surface area contributed by atoms with Crippen LogP contribution >= 0.6 is 0 Å². The van der Waals surface area contributed by atoms with Crippen LogP contribution in [0, 0.1) is 5.92 Å². The highest BCUT2D eigenvalue weighted by atomic mass is 16.5. The zero-order chi connectivity index (χ0) is 11.4. The molecule has 0 bridgehead atoms. The zero-order valence-corrected chi connectivity index (χ0v) is 9.94. The van der Waals surface area contributed by atoms with E-state index in [0.29, 0.717) is 24.4 Å². The molecule has 2 rings (SSSR count). The van der Waals surface area contributed by atoms with Crippen LogP contribution in [0.25, 0.3) is 0 Å². The van der Waals surface area contributed by atoms with Crippen LogP contribution in [0.15, 0.2) is 12.4 Å². The van der Waals surface area contributed by atoms with Crippen LogP contribution in [0.3, 0.4) is 0 Å². The van der Waals surface area contributed by atoms with Gasteiger partial charge in [0.2, 0.25) is 5.88 Å². The maximum absolute atomic E-state index is 5.47. The van der Waals surface area contributed by atoms with E-state index in [0.717, 1.165) is 12.2 Å². The Kier molecular flexibility index (Phi) is 3.72. The Morgan fingerprint density at radius 3 is 2.75 bits per heavy atom. The van der Waals surface area contributed by atoms with Crippen molar-refractivity contribution in [2.75, 3.05) is 6.61 Å². The Morgan fingerprint density at radius 1 is 1.38 bits per heavy atom. The van der Waals surface area contributed by atoms with E-state index in [9.17, 15) is 0 Å². The molecule has 4 nitrogen and oxygen atoms in total. The predicted octanol–water partition coefficient (Wildman–Crippen LogP) is 1.76. The van der Waals surface area contributed by atoms with E-state index in [1.54, 1.807) is 12.4 Å². The number of nitrogens with zero attached hydrogens (tertiary/aromatic N) is 2. The third-order valence-electron chi connectivity index (χ3n) is 2.40. The van der Waals surface area contributed by atoms with Crippen LogP contribution in [0.2, 0.25) is 0 Å². The number of aromatic nitrogens is 2. The Morgan fingerprint density at radius 2 is 2.19 bits per heavy atom. The van der Waals surface area contributed by atoms with Gasteiger partial charge in [0.1, 0.15) is 0 Å². The topological polar surface area (TPSA) is 47.0 Å². The predicted molar refractivity (Wildman–Crippen MR) is 62.2 cm³/mol. The van der Waals surface area contributed by atoms with Crippen LogP contribution in [0.4, 0.5) is 0 Å². The first-order chi connectivity index (χ1) is 7.74. The van der Waals surface area contributed by atoms with E-state index in [2.05, 4.69) is 29.1 Å². The molecule has 1 fully saturated rings. The Balaban J connectivity index is 1.78. The van der Waals surface area contributed by atoms with Gasteiger partial charge in [0, 0.05) is 12.6 Å². The molecule has 0 aliphatic heterocycles. The van der Waals surface area contributed by atoms with Crippen molar-refractivity contribution in [3.8, 4) is 5.88 Å². The number of nitrogens with one attached hydrogen (secondary N) is 1. The van der Waals surface area contributed by atoms with Gasteiger partial charge in [-0.05, 0) is 18.8 Å². The SMILES string of the molecule is CC(C)COc1cnc(CNC2CC2)cn1. The lowest BCUT2D eigenvalue weighted by Crippen LogP contribution is -2.16. The largest absolute Gasteiger partial charge is 0.476 e. The van der Waals surface area contributed by atoms with Crippen molar-refractivity contribution in [3.63, 3.8) is 0 Å². The number of hydrogen-bond acceptors (Lipinski definition) is 4. The lowest BCUT2D eigenvalue weighted by molar-refractivity contribution is 0.260. The summed E-state index contributed by atoms with van der Waals surface area (Å²) in [5.74, 6) is 1.13. The second kappa shape index (κ2) is 5.25. The minimum Gasteiger partial charge on any atom is -0.476 e. The highest BCUT2D eigenvalue weighted by Gasteiger charge is 2.20. The molecule has 1 saturated carbocycles. The van der Waals surface area contributed by atoms with E-state index in [4.69, 9.17) is 4.74 Å². The van der Waals surface area contributed by atoms with Crippen LogP contribution in [0.1, 0.15) is 32.4 Å². The molecular weight excluding hydrogens is 202 g/mol. The van der Waals surface area contributed by atoms with E-state index in [1.807, 2.05) is 0 Å². The summed E-state index contributed by atoms with van der Waals surface area (Å²) in [4.78, 5) is 8.53. The lowest BCUT2D eigenvalue weighted by atomic mass is 10.2. The maximum atomic E-state index is 5.47. The third kappa shape index (κ3) is 3.77. The van der Waals surface area contributed by atoms with Gasteiger partial charge < -0.3 is 10.1 Å². The molecule has 0 radical (unpaired) electrons. The summed E-state index contributed by atoms with van der Waals surface area (Å²) >= 11 is 0. The smallest absolute Gasteiger partial charge is 0.232 e.